The van der Waals surface area contributed by atoms with Crippen LogP contribution in [0.1, 0.15) is 42.5 Å². The summed E-state index contributed by atoms with van der Waals surface area (Å²) >= 11 is 0. The first-order chi connectivity index (χ1) is 19.5. The second-order valence-corrected chi connectivity index (χ2v) is 12.1. The first kappa shape index (κ1) is 27.0. The molecule has 0 bridgehead atoms. The van der Waals surface area contributed by atoms with E-state index >= 15 is 0 Å². The van der Waals surface area contributed by atoms with Gasteiger partial charge in [0, 0.05) is 49.5 Å². The number of fused-ring (bicyclic) bond motifs is 2. The highest BCUT2D eigenvalue weighted by Crippen LogP contribution is 2.44. The molecule has 40 heavy (non-hydrogen) atoms. The van der Waals surface area contributed by atoms with Crippen LogP contribution in [-0.2, 0) is 19.3 Å². The quantitative estimate of drug-likeness (QED) is 0.511. The summed E-state index contributed by atoms with van der Waals surface area (Å²) in [6, 6.07) is 11.7. The molecule has 2 aromatic rings. The normalized spacial score (nSPS) is 27.4. The van der Waals surface area contributed by atoms with Crippen molar-refractivity contribution in [2.75, 3.05) is 56.6 Å². The van der Waals surface area contributed by atoms with Gasteiger partial charge in [0.1, 0.15) is 18.7 Å². The van der Waals surface area contributed by atoms with Crippen molar-refractivity contribution >= 4 is 11.5 Å². The number of likely N-dealkylation sites (N-methyl/N-ethyl adjacent to an activating group) is 1. The Morgan fingerprint density at radius 1 is 1.25 bits per heavy atom. The summed E-state index contributed by atoms with van der Waals surface area (Å²) in [5, 5.41) is 23.7. The highest BCUT2D eigenvalue weighted by atomic mass is 16.5. The average molecular weight is 544 g/mol. The highest BCUT2D eigenvalue weighted by molar-refractivity contribution is 5.56. The fraction of sp³-hybridized carbons (Fsp3) is 0.581. The number of hydrogen-bond acceptors (Lipinski definition) is 9. The minimum absolute atomic E-state index is 0.108. The van der Waals surface area contributed by atoms with Gasteiger partial charge in [0.25, 0.3) is 0 Å². The number of para-hydroxylation sites is 1. The van der Waals surface area contributed by atoms with E-state index in [0.717, 1.165) is 56.7 Å². The van der Waals surface area contributed by atoms with E-state index in [4.69, 9.17) is 14.7 Å². The molecule has 2 saturated heterocycles. The topological polar surface area (TPSA) is 101 Å². The molecule has 4 aliphatic rings. The molecule has 1 spiro atoms. The molecule has 6 rings (SSSR count). The van der Waals surface area contributed by atoms with Gasteiger partial charge in [-0.25, -0.2) is 0 Å². The van der Waals surface area contributed by atoms with Crippen molar-refractivity contribution in [3.63, 3.8) is 0 Å². The number of nitrogens with one attached hydrogen (secondary N) is 1. The van der Waals surface area contributed by atoms with Gasteiger partial charge in [0.2, 0.25) is 0 Å². The summed E-state index contributed by atoms with van der Waals surface area (Å²) in [6.45, 7) is 8.34. The molecule has 9 nitrogen and oxygen atoms in total. The number of aliphatic hydroxyl groups is 1. The third-order valence-electron chi connectivity index (χ3n) is 9.52. The maximum Gasteiger partial charge on any atom is 0.318 e. The van der Waals surface area contributed by atoms with Crippen molar-refractivity contribution in [2.24, 2.45) is 5.41 Å². The molecular weight excluding hydrogens is 502 g/mol. The van der Waals surface area contributed by atoms with Crippen LogP contribution in [-0.4, -0.2) is 89.6 Å². The second kappa shape index (κ2) is 11.4. The standard InChI is InChI=1S/C31H41N7O2/c1-3-28(39)38-16-15-37(19-23(38)11-13-32)29-25-10-12-31(17-22-7-4-5-9-26(22)33-21-31)18-27(25)34-30(35-29)40-20-24-8-6-14-36(24)2/h3-5,7,9,23-24,28,33,39H,1,6,8,10-12,14-21H2,2H3. The van der Waals surface area contributed by atoms with Crippen molar-refractivity contribution in [1.29, 1.82) is 5.26 Å². The fourth-order valence-electron chi connectivity index (χ4n) is 7.15. The number of nitrogens with zero attached hydrogens (tertiary/aromatic N) is 6. The van der Waals surface area contributed by atoms with Crippen LogP contribution in [0.3, 0.4) is 0 Å². The second-order valence-electron chi connectivity index (χ2n) is 12.1. The predicted octanol–water partition coefficient (Wildman–Crippen LogP) is 3.00. The Kier molecular flexibility index (Phi) is 7.67. The first-order valence-electron chi connectivity index (χ1n) is 14.7. The molecule has 1 aliphatic carbocycles. The molecule has 2 fully saturated rings. The molecule has 3 aliphatic heterocycles. The van der Waals surface area contributed by atoms with Crippen LogP contribution in [0.2, 0.25) is 0 Å². The number of hydrogen-bond donors (Lipinski definition) is 2. The monoisotopic (exact) mass is 543 g/mol. The lowest BCUT2D eigenvalue weighted by atomic mass is 9.68. The van der Waals surface area contributed by atoms with Crippen molar-refractivity contribution in [3.05, 3.63) is 53.7 Å². The van der Waals surface area contributed by atoms with Gasteiger partial charge in [0.05, 0.1) is 18.2 Å². The highest BCUT2D eigenvalue weighted by Gasteiger charge is 2.41. The number of likely N-dealkylation sites (tertiary alicyclic amines) is 1. The Morgan fingerprint density at radius 2 is 2.12 bits per heavy atom. The predicted molar refractivity (Wildman–Crippen MR) is 155 cm³/mol. The summed E-state index contributed by atoms with van der Waals surface area (Å²) in [4.78, 5) is 16.7. The molecule has 4 heterocycles. The zero-order valence-electron chi connectivity index (χ0n) is 23.6. The number of nitriles is 1. The van der Waals surface area contributed by atoms with Gasteiger partial charge in [-0.05, 0) is 75.2 Å². The lowest BCUT2D eigenvalue weighted by Crippen LogP contribution is -2.56. The van der Waals surface area contributed by atoms with Gasteiger partial charge in [0.15, 0.2) is 0 Å². The third kappa shape index (κ3) is 5.28. The number of benzene rings is 1. The maximum absolute atomic E-state index is 10.5. The summed E-state index contributed by atoms with van der Waals surface area (Å²) in [7, 11) is 2.16. The van der Waals surface area contributed by atoms with E-state index in [1.54, 1.807) is 0 Å². The minimum atomic E-state index is -0.761. The molecular formula is C31H41N7O2. The maximum atomic E-state index is 10.5. The van der Waals surface area contributed by atoms with Crippen LogP contribution in [0, 0.1) is 16.7 Å². The van der Waals surface area contributed by atoms with Gasteiger partial charge < -0.3 is 25.0 Å². The van der Waals surface area contributed by atoms with E-state index in [9.17, 15) is 10.4 Å². The van der Waals surface area contributed by atoms with Crippen LogP contribution >= 0.6 is 0 Å². The molecule has 1 aromatic carbocycles. The Bertz CT molecular complexity index is 1280. The molecule has 212 valence electrons. The van der Waals surface area contributed by atoms with Gasteiger partial charge in [-0.3, -0.25) is 4.90 Å². The largest absolute Gasteiger partial charge is 0.462 e. The van der Waals surface area contributed by atoms with Crippen molar-refractivity contribution in [3.8, 4) is 12.1 Å². The Balaban J connectivity index is 1.30. The number of anilines is 2. The number of rotatable bonds is 7. The van der Waals surface area contributed by atoms with Crippen LogP contribution in [0.5, 0.6) is 6.01 Å². The van der Waals surface area contributed by atoms with E-state index in [0.29, 0.717) is 44.7 Å². The molecule has 0 amide bonds. The zero-order valence-corrected chi connectivity index (χ0v) is 23.6. The van der Waals surface area contributed by atoms with E-state index in [1.165, 1.54) is 29.3 Å². The molecule has 4 unspecified atom stereocenters. The number of aliphatic hydroxyl groups excluding tert-OH is 1. The van der Waals surface area contributed by atoms with E-state index in [2.05, 4.69) is 59.1 Å². The molecule has 2 N–H and O–H groups in total. The summed E-state index contributed by atoms with van der Waals surface area (Å²) in [5.41, 5.74) is 5.05. The molecule has 0 saturated carbocycles. The van der Waals surface area contributed by atoms with E-state index < -0.39 is 6.23 Å². The molecule has 0 radical (unpaired) electrons. The SMILES string of the molecule is C=CC(O)N1CCN(c2nc(OCC3CCCN3C)nc3c2CCC2(CNc4ccccc4C2)C3)CC1CC#N. The minimum Gasteiger partial charge on any atom is -0.462 e. The number of aromatic nitrogens is 2. The van der Waals surface area contributed by atoms with Crippen LogP contribution in [0.4, 0.5) is 11.5 Å². The smallest absolute Gasteiger partial charge is 0.318 e. The Morgan fingerprint density at radius 3 is 2.92 bits per heavy atom. The Hall–Kier alpha value is -3.19. The number of piperazine rings is 1. The molecule has 4 atom stereocenters. The molecule has 1 aromatic heterocycles. The lowest BCUT2D eigenvalue weighted by Gasteiger charge is -2.45. The van der Waals surface area contributed by atoms with Crippen LogP contribution < -0.4 is 15.0 Å². The average Bonchev–Trinajstić information content (AvgIpc) is 3.39. The van der Waals surface area contributed by atoms with Crippen molar-refractivity contribution < 1.29 is 9.84 Å². The van der Waals surface area contributed by atoms with Gasteiger partial charge in [-0.15, -0.1) is 0 Å². The zero-order chi connectivity index (χ0) is 27.7. The fourth-order valence-corrected chi connectivity index (χ4v) is 7.15. The van der Waals surface area contributed by atoms with E-state index in [-0.39, 0.29) is 11.5 Å². The van der Waals surface area contributed by atoms with Gasteiger partial charge in [-0.2, -0.15) is 15.2 Å². The summed E-state index contributed by atoms with van der Waals surface area (Å²) in [5.74, 6) is 0.939. The molecule has 9 heteroatoms. The number of ether oxygens (including phenoxy) is 1. The summed E-state index contributed by atoms with van der Waals surface area (Å²) in [6.07, 6.45) is 7.35. The van der Waals surface area contributed by atoms with Gasteiger partial charge >= 0.3 is 6.01 Å². The van der Waals surface area contributed by atoms with Crippen molar-refractivity contribution in [1.82, 2.24) is 19.8 Å². The van der Waals surface area contributed by atoms with Crippen molar-refractivity contribution in [2.45, 2.75) is 63.3 Å². The third-order valence-corrected chi connectivity index (χ3v) is 9.52. The van der Waals surface area contributed by atoms with Crippen LogP contribution in [0.15, 0.2) is 36.9 Å². The van der Waals surface area contributed by atoms with Gasteiger partial charge in [-0.1, -0.05) is 24.8 Å². The Labute approximate surface area is 237 Å². The first-order valence-corrected chi connectivity index (χ1v) is 14.7. The van der Waals surface area contributed by atoms with Crippen LogP contribution in [0.25, 0.3) is 0 Å². The van der Waals surface area contributed by atoms with E-state index in [1.807, 2.05) is 4.90 Å². The summed E-state index contributed by atoms with van der Waals surface area (Å²) < 4.78 is 6.32. The lowest BCUT2D eigenvalue weighted by molar-refractivity contribution is 0.00429.